The summed E-state index contributed by atoms with van der Waals surface area (Å²) in [6.07, 6.45) is 0. The van der Waals surface area contributed by atoms with Crippen LogP contribution in [0.5, 0.6) is 0 Å². The maximum Gasteiger partial charge on any atom is 0.0991 e. The molecule has 0 aliphatic carbocycles. The summed E-state index contributed by atoms with van der Waals surface area (Å²) < 4.78 is 5.82. The van der Waals surface area contributed by atoms with Crippen molar-refractivity contribution in [3.63, 3.8) is 0 Å². The largest absolute Gasteiger partial charge is 0.372 e. The molecule has 4 heteroatoms. The number of hydrogen-bond acceptors (Lipinski definition) is 3. The Morgan fingerprint density at radius 3 is 2.91 bits per heavy atom. The van der Waals surface area contributed by atoms with Crippen LogP contribution in [0, 0.1) is 11.3 Å². The summed E-state index contributed by atoms with van der Waals surface area (Å²) in [5.41, 5.74) is 5.26. The zero-order chi connectivity index (χ0) is 15.4. The minimum atomic E-state index is 0.524. The standard InChI is InChI=1S/C18H14ClNOS/c19-17-3-1-2-14(6-17)9-21-10-16-12-22-11-15-5-4-13(8-20)7-18(15)16/h1-7,12H,9-11H2. The lowest BCUT2D eigenvalue weighted by molar-refractivity contribution is 0.153. The van der Waals surface area contributed by atoms with E-state index in [1.807, 2.05) is 42.5 Å². The molecule has 0 saturated carbocycles. The third-order valence-corrected chi connectivity index (χ3v) is 4.63. The highest BCUT2D eigenvalue weighted by Gasteiger charge is 2.14. The van der Waals surface area contributed by atoms with Crippen molar-refractivity contribution >= 4 is 28.9 Å². The van der Waals surface area contributed by atoms with Gasteiger partial charge in [-0.25, -0.2) is 0 Å². The maximum absolute atomic E-state index is 9.06. The van der Waals surface area contributed by atoms with Crippen LogP contribution in [0.4, 0.5) is 0 Å². The van der Waals surface area contributed by atoms with Crippen molar-refractivity contribution < 1.29 is 4.74 Å². The quantitative estimate of drug-likeness (QED) is 0.790. The van der Waals surface area contributed by atoms with Gasteiger partial charge < -0.3 is 4.74 Å². The van der Waals surface area contributed by atoms with Gasteiger partial charge in [-0.05, 0) is 51.9 Å². The van der Waals surface area contributed by atoms with E-state index in [9.17, 15) is 0 Å². The predicted octanol–water partition coefficient (Wildman–Crippen LogP) is 5.02. The van der Waals surface area contributed by atoms with Gasteiger partial charge in [0.25, 0.3) is 0 Å². The van der Waals surface area contributed by atoms with Gasteiger partial charge in [0, 0.05) is 10.8 Å². The van der Waals surface area contributed by atoms with Crippen molar-refractivity contribution in [1.82, 2.24) is 0 Å². The number of thioether (sulfide) groups is 1. The number of fused-ring (bicyclic) bond motifs is 1. The summed E-state index contributed by atoms with van der Waals surface area (Å²) in [6, 6.07) is 15.7. The monoisotopic (exact) mass is 327 g/mol. The molecule has 0 radical (unpaired) electrons. The molecule has 0 N–H and O–H groups in total. The molecule has 2 aromatic rings. The smallest absolute Gasteiger partial charge is 0.0991 e. The van der Waals surface area contributed by atoms with Crippen molar-refractivity contribution in [2.75, 3.05) is 6.61 Å². The van der Waals surface area contributed by atoms with Crippen LogP contribution in [0.25, 0.3) is 5.57 Å². The number of halogens is 1. The van der Waals surface area contributed by atoms with Crippen LogP contribution in [0.3, 0.4) is 0 Å². The van der Waals surface area contributed by atoms with E-state index in [0.717, 1.165) is 27.5 Å². The molecule has 0 fully saturated rings. The van der Waals surface area contributed by atoms with E-state index >= 15 is 0 Å². The first-order valence-corrected chi connectivity index (χ1v) is 8.35. The molecule has 2 aromatic carbocycles. The maximum atomic E-state index is 9.06. The van der Waals surface area contributed by atoms with Gasteiger partial charge in [-0.3, -0.25) is 0 Å². The van der Waals surface area contributed by atoms with Crippen molar-refractivity contribution in [3.8, 4) is 6.07 Å². The van der Waals surface area contributed by atoms with Gasteiger partial charge in [-0.15, -0.1) is 11.8 Å². The normalized spacial score (nSPS) is 13.2. The topological polar surface area (TPSA) is 33.0 Å². The third-order valence-electron chi connectivity index (χ3n) is 3.46. The molecule has 2 nitrogen and oxygen atoms in total. The summed E-state index contributed by atoms with van der Waals surface area (Å²) in [7, 11) is 0. The van der Waals surface area contributed by atoms with Crippen LogP contribution >= 0.6 is 23.4 Å². The molecule has 0 amide bonds. The molecule has 0 aromatic heterocycles. The first kappa shape index (κ1) is 15.2. The second-order valence-electron chi connectivity index (χ2n) is 5.06. The Labute approximate surface area is 139 Å². The van der Waals surface area contributed by atoms with Gasteiger partial charge in [0.05, 0.1) is 24.8 Å². The predicted molar refractivity (Wildman–Crippen MR) is 91.5 cm³/mol. The van der Waals surface area contributed by atoms with E-state index in [0.29, 0.717) is 18.8 Å². The number of hydrogen-bond donors (Lipinski definition) is 0. The van der Waals surface area contributed by atoms with Gasteiger partial charge >= 0.3 is 0 Å². The van der Waals surface area contributed by atoms with Gasteiger partial charge in [0.1, 0.15) is 0 Å². The molecule has 1 aliphatic heterocycles. The first-order chi connectivity index (χ1) is 10.8. The molecule has 1 aliphatic rings. The number of ether oxygens (including phenoxy) is 1. The van der Waals surface area contributed by atoms with Crippen molar-refractivity contribution in [2.45, 2.75) is 12.4 Å². The van der Waals surface area contributed by atoms with Crippen LogP contribution in [-0.2, 0) is 17.1 Å². The molecule has 0 saturated heterocycles. The number of nitriles is 1. The molecule has 110 valence electrons. The Kier molecular flexibility index (Phi) is 4.84. The Bertz CT molecular complexity index is 764. The van der Waals surface area contributed by atoms with Crippen LogP contribution in [-0.4, -0.2) is 6.61 Å². The zero-order valence-electron chi connectivity index (χ0n) is 11.9. The van der Waals surface area contributed by atoms with Gasteiger partial charge in [-0.2, -0.15) is 5.26 Å². The van der Waals surface area contributed by atoms with Crippen molar-refractivity contribution in [1.29, 1.82) is 5.26 Å². The second kappa shape index (κ2) is 7.02. The Morgan fingerprint density at radius 1 is 1.18 bits per heavy atom. The third kappa shape index (κ3) is 3.53. The van der Waals surface area contributed by atoms with E-state index in [1.165, 1.54) is 5.56 Å². The van der Waals surface area contributed by atoms with Crippen LogP contribution < -0.4 is 0 Å². The summed E-state index contributed by atoms with van der Waals surface area (Å²) in [5.74, 6) is 0.943. The van der Waals surface area contributed by atoms with Crippen LogP contribution in [0.2, 0.25) is 5.02 Å². The Hall–Kier alpha value is -1.73. The average Bonchev–Trinajstić information content (AvgIpc) is 2.55. The summed E-state index contributed by atoms with van der Waals surface area (Å²) >= 11 is 7.73. The SMILES string of the molecule is N#Cc1ccc2c(c1)C(COCc1cccc(Cl)c1)=CSC2. The van der Waals surface area contributed by atoms with E-state index in [-0.39, 0.29) is 0 Å². The minimum Gasteiger partial charge on any atom is -0.372 e. The Balaban J connectivity index is 1.69. The first-order valence-electron chi connectivity index (χ1n) is 6.92. The van der Waals surface area contributed by atoms with E-state index < -0.39 is 0 Å². The second-order valence-corrected chi connectivity index (χ2v) is 6.35. The van der Waals surface area contributed by atoms with Crippen LogP contribution in [0.15, 0.2) is 47.9 Å². The lowest BCUT2D eigenvalue weighted by Crippen LogP contribution is -2.04. The van der Waals surface area contributed by atoms with Gasteiger partial charge in [0.15, 0.2) is 0 Å². The molecule has 22 heavy (non-hydrogen) atoms. The Morgan fingerprint density at radius 2 is 2.09 bits per heavy atom. The summed E-state index contributed by atoms with van der Waals surface area (Å²) in [5, 5.41) is 11.9. The summed E-state index contributed by atoms with van der Waals surface area (Å²) in [4.78, 5) is 0. The highest BCUT2D eigenvalue weighted by molar-refractivity contribution is 8.01. The molecule has 0 atom stereocenters. The fourth-order valence-electron chi connectivity index (χ4n) is 2.38. The molecule has 3 rings (SSSR count). The van der Waals surface area contributed by atoms with Crippen molar-refractivity contribution in [3.05, 3.63) is 75.1 Å². The van der Waals surface area contributed by atoms with E-state index in [2.05, 4.69) is 11.5 Å². The fourth-order valence-corrected chi connectivity index (χ4v) is 3.51. The van der Waals surface area contributed by atoms with Crippen LogP contribution in [0.1, 0.15) is 22.3 Å². The average molecular weight is 328 g/mol. The number of rotatable bonds is 4. The van der Waals surface area contributed by atoms with Gasteiger partial charge in [0.2, 0.25) is 0 Å². The molecule has 0 unspecified atom stereocenters. The molecule has 0 spiro atoms. The lowest BCUT2D eigenvalue weighted by Gasteiger charge is -2.18. The molecule has 1 heterocycles. The fraction of sp³-hybridized carbons (Fsp3) is 0.167. The number of benzene rings is 2. The van der Waals surface area contributed by atoms with Crippen molar-refractivity contribution in [2.24, 2.45) is 0 Å². The summed E-state index contributed by atoms with van der Waals surface area (Å²) in [6.45, 7) is 1.05. The molecule has 0 bridgehead atoms. The van der Waals surface area contributed by atoms with Gasteiger partial charge in [-0.1, -0.05) is 29.8 Å². The molecular weight excluding hydrogens is 314 g/mol. The molecular formula is C18H14ClNOS. The highest BCUT2D eigenvalue weighted by Crippen LogP contribution is 2.32. The van der Waals surface area contributed by atoms with E-state index in [4.69, 9.17) is 21.6 Å². The zero-order valence-corrected chi connectivity index (χ0v) is 13.5. The lowest BCUT2D eigenvalue weighted by atomic mass is 9.99. The highest BCUT2D eigenvalue weighted by atomic mass is 35.5. The van der Waals surface area contributed by atoms with E-state index in [1.54, 1.807) is 11.8 Å². The minimum absolute atomic E-state index is 0.524. The number of nitrogens with zero attached hydrogens (tertiary/aromatic N) is 1.